The maximum absolute atomic E-state index is 3.80. The summed E-state index contributed by atoms with van der Waals surface area (Å²) in [7, 11) is 0. The highest BCUT2D eigenvalue weighted by Gasteiger charge is 2.38. The lowest BCUT2D eigenvalue weighted by molar-refractivity contribution is 0.430. The number of rotatable bonds is 1. The molecule has 0 amide bonds. The first-order valence-corrected chi connectivity index (χ1v) is 8.14. The smallest absolute Gasteiger partial charge is 0.0646 e. The standard InChI is InChI=1S/C18H19NS/c1-11-6-8-16-15(10-11)13-4-3-5-14(13)18(19-16)17-9-7-12(2)20-17/h3-4,6-10,13-14,18-19H,5H2,1-2H3. The highest BCUT2D eigenvalue weighted by molar-refractivity contribution is 7.12. The molecule has 1 aliphatic heterocycles. The van der Waals surface area contributed by atoms with Crippen LogP contribution >= 0.6 is 11.3 Å². The van der Waals surface area contributed by atoms with Crippen molar-refractivity contribution in [2.75, 3.05) is 5.32 Å². The van der Waals surface area contributed by atoms with Gasteiger partial charge < -0.3 is 5.32 Å². The van der Waals surface area contributed by atoms with Gasteiger partial charge in [0, 0.05) is 21.4 Å². The molecule has 2 aromatic rings. The molecule has 20 heavy (non-hydrogen) atoms. The molecule has 3 atom stereocenters. The lowest BCUT2D eigenvalue weighted by Gasteiger charge is -2.37. The van der Waals surface area contributed by atoms with E-state index in [1.807, 2.05) is 11.3 Å². The van der Waals surface area contributed by atoms with E-state index in [1.165, 1.54) is 33.0 Å². The van der Waals surface area contributed by atoms with Gasteiger partial charge in [0.25, 0.3) is 0 Å². The summed E-state index contributed by atoms with van der Waals surface area (Å²) in [5.74, 6) is 1.25. The molecule has 0 fully saturated rings. The van der Waals surface area contributed by atoms with Crippen LogP contribution in [-0.2, 0) is 0 Å². The van der Waals surface area contributed by atoms with Crippen molar-refractivity contribution in [2.45, 2.75) is 32.2 Å². The Balaban J connectivity index is 1.80. The summed E-state index contributed by atoms with van der Waals surface area (Å²) in [4.78, 5) is 2.88. The fraction of sp³-hybridized carbons (Fsp3) is 0.333. The second kappa shape index (κ2) is 4.49. The SMILES string of the molecule is Cc1ccc2c(c1)C1C=CCC1C(c1ccc(C)s1)N2. The van der Waals surface area contributed by atoms with Crippen LogP contribution in [0.25, 0.3) is 0 Å². The number of aryl methyl sites for hydroxylation is 2. The molecule has 0 saturated carbocycles. The van der Waals surface area contributed by atoms with E-state index in [0.29, 0.717) is 17.9 Å². The molecule has 2 aliphatic rings. The molecule has 1 N–H and O–H groups in total. The lowest BCUT2D eigenvalue weighted by atomic mass is 9.78. The third-order valence-corrected chi connectivity index (χ3v) is 5.67. The molecule has 102 valence electrons. The van der Waals surface area contributed by atoms with Crippen LogP contribution in [0.4, 0.5) is 5.69 Å². The van der Waals surface area contributed by atoms with Crippen LogP contribution < -0.4 is 5.32 Å². The zero-order valence-corrected chi connectivity index (χ0v) is 12.7. The van der Waals surface area contributed by atoms with Crippen molar-refractivity contribution in [2.24, 2.45) is 5.92 Å². The molecular formula is C18H19NS. The fourth-order valence-corrected chi connectivity index (χ4v) is 4.62. The number of hydrogen-bond donors (Lipinski definition) is 1. The second-order valence-corrected chi connectivity index (χ2v) is 7.33. The Kier molecular flexibility index (Phi) is 2.74. The molecule has 2 heteroatoms. The lowest BCUT2D eigenvalue weighted by Crippen LogP contribution is -2.28. The zero-order chi connectivity index (χ0) is 13.7. The number of thiophene rings is 1. The Morgan fingerprint density at radius 1 is 1.15 bits per heavy atom. The molecule has 3 unspecified atom stereocenters. The van der Waals surface area contributed by atoms with E-state index in [9.17, 15) is 0 Å². The third-order valence-electron chi connectivity index (χ3n) is 4.59. The first-order chi connectivity index (χ1) is 9.72. The van der Waals surface area contributed by atoms with E-state index < -0.39 is 0 Å². The largest absolute Gasteiger partial charge is 0.377 e. The summed E-state index contributed by atoms with van der Waals surface area (Å²) in [5, 5.41) is 3.80. The average Bonchev–Trinajstić information content (AvgIpc) is 3.07. The number of fused-ring (bicyclic) bond motifs is 3. The Morgan fingerprint density at radius 2 is 2.05 bits per heavy atom. The Hall–Kier alpha value is -1.54. The average molecular weight is 281 g/mol. The van der Waals surface area contributed by atoms with E-state index >= 15 is 0 Å². The fourth-order valence-electron chi connectivity index (χ4n) is 3.62. The van der Waals surface area contributed by atoms with E-state index in [-0.39, 0.29) is 0 Å². The van der Waals surface area contributed by atoms with E-state index in [2.05, 4.69) is 61.6 Å². The number of nitrogens with one attached hydrogen (secondary N) is 1. The molecule has 0 spiro atoms. The molecule has 1 nitrogen and oxygen atoms in total. The molecule has 0 saturated heterocycles. The third kappa shape index (κ3) is 1.82. The Bertz CT molecular complexity index is 682. The summed E-state index contributed by atoms with van der Waals surface area (Å²) < 4.78 is 0. The van der Waals surface area contributed by atoms with Crippen molar-refractivity contribution in [1.29, 1.82) is 0 Å². The van der Waals surface area contributed by atoms with Crippen molar-refractivity contribution in [3.05, 3.63) is 63.4 Å². The van der Waals surface area contributed by atoms with Gasteiger partial charge in [-0.15, -0.1) is 11.3 Å². The maximum Gasteiger partial charge on any atom is 0.0646 e. The minimum atomic E-state index is 0.462. The van der Waals surface area contributed by atoms with Gasteiger partial charge in [0.05, 0.1) is 6.04 Å². The van der Waals surface area contributed by atoms with Crippen molar-refractivity contribution >= 4 is 17.0 Å². The Labute approximate surface area is 124 Å². The van der Waals surface area contributed by atoms with Crippen molar-refractivity contribution < 1.29 is 0 Å². The number of allylic oxidation sites excluding steroid dienone is 2. The minimum Gasteiger partial charge on any atom is -0.377 e. The van der Waals surface area contributed by atoms with Crippen LogP contribution in [0.5, 0.6) is 0 Å². The van der Waals surface area contributed by atoms with Gasteiger partial charge >= 0.3 is 0 Å². The quantitative estimate of drug-likeness (QED) is 0.709. The maximum atomic E-state index is 3.80. The van der Waals surface area contributed by atoms with E-state index in [1.54, 1.807) is 0 Å². The van der Waals surface area contributed by atoms with Gasteiger partial charge in [-0.1, -0.05) is 29.8 Å². The van der Waals surface area contributed by atoms with Crippen LogP contribution in [-0.4, -0.2) is 0 Å². The second-order valence-electron chi connectivity index (χ2n) is 6.01. The normalized spacial score (nSPS) is 27.0. The summed E-state index contributed by atoms with van der Waals surface area (Å²) in [5.41, 5.74) is 4.16. The van der Waals surface area contributed by atoms with Crippen LogP contribution in [0, 0.1) is 19.8 Å². The van der Waals surface area contributed by atoms with Crippen molar-refractivity contribution in [3.63, 3.8) is 0 Å². The summed E-state index contributed by atoms with van der Waals surface area (Å²) in [6, 6.07) is 11.8. The summed E-state index contributed by atoms with van der Waals surface area (Å²) >= 11 is 1.93. The van der Waals surface area contributed by atoms with Gasteiger partial charge in [-0.2, -0.15) is 0 Å². The number of anilines is 1. The van der Waals surface area contributed by atoms with Crippen LogP contribution in [0.15, 0.2) is 42.5 Å². The predicted molar refractivity (Wildman–Crippen MR) is 86.6 cm³/mol. The van der Waals surface area contributed by atoms with Crippen molar-refractivity contribution in [3.8, 4) is 0 Å². The molecule has 0 bridgehead atoms. The Morgan fingerprint density at radius 3 is 2.85 bits per heavy atom. The summed E-state index contributed by atoms with van der Waals surface area (Å²) in [6.07, 6.45) is 5.96. The molecular weight excluding hydrogens is 262 g/mol. The first kappa shape index (κ1) is 12.2. The van der Waals surface area contributed by atoms with Gasteiger partial charge in [-0.3, -0.25) is 0 Å². The van der Waals surface area contributed by atoms with Gasteiger partial charge in [-0.25, -0.2) is 0 Å². The van der Waals surface area contributed by atoms with Crippen LogP contribution in [0.3, 0.4) is 0 Å². The topological polar surface area (TPSA) is 12.0 Å². The molecule has 1 aromatic carbocycles. The van der Waals surface area contributed by atoms with E-state index in [4.69, 9.17) is 0 Å². The zero-order valence-electron chi connectivity index (χ0n) is 11.9. The number of benzene rings is 1. The highest BCUT2D eigenvalue weighted by atomic mass is 32.1. The van der Waals surface area contributed by atoms with Crippen molar-refractivity contribution in [1.82, 2.24) is 0 Å². The predicted octanol–water partition coefficient (Wildman–Crippen LogP) is 5.19. The first-order valence-electron chi connectivity index (χ1n) is 7.32. The molecule has 1 aliphatic carbocycles. The molecule has 2 heterocycles. The monoisotopic (exact) mass is 281 g/mol. The highest BCUT2D eigenvalue weighted by Crippen LogP contribution is 2.50. The van der Waals surface area contributed by atoms with Gasteiger partial charge in [0.1, 0.15) is 0 Å². The van der Waals surface area contributed by atoms with Gasteiger partial charge in [0.2, 0.25) is 0 Å². The summed E-state index contributed by atoms with van der Waals surface area (Å²) in [6.45, 7) is 4.38. The van der Waals surface area contributed by atoms with Crippen LogP contribution in [0.1, 0.15) is 39.3 Å². The minimum absolute atomic E-state index is 0.462. The molecule has 1 aromatic heterocycles. The van der Waals surface area contributed by atoms with Crippen LogP contribution in [0.2, 0.25) is 0 Å². The van der Waals surface area contributed by atoms with E-state index in [0.717, 1.165) is 0 Å². The van der Waals surface area contributed by atoms with Gasteiger partial charge in [0.15, 0.2) is 0 Å². The molecule has 0 radical (unpaired) electrons. The van der Waals surface area contributed by atoms with Gasteiger partial charge in [-0.05, 0) is 49.9 Å². The number of hydrogen-bond acceptors (Lipinski definition) is 2. The molecule has 4 rings (SSSR count).